The van der Waals surface area contributed by atoms with Gasteiger partial charge in [-0.1, -0.05) is 26.2 Å². The predicted octanol–water partition coefficient (Wildman–Crippen LogP) is 4.07. The van der Waals surface area contributed by atoms with Gasteiger partial charge in [-0.15, -0.1) is 0 Å². The van der Waals surface area contributed by atoms with Crippen molar-refractivity contribution >= 4 is 11.6 Å². The molecule has 1 aromatic carbocycles. The lowest BCUT2D eigenvalue weighted by molar-refractivity contribution is -0.144. The molecule has 3 rings (SSSR count). The van der Waals surface area contributed by atoms with Crippen molar-refractivity contribution in [1.29, 1.82) is 0 Å². The Kier molecular flexibility index (Phi) is 5.32. The van der Waals surface area contributed by atoms with Crippen molar-refractivity contribution in [2.24, 2.45) is 5.41 Å². The van der Waals surface area contributed by atoms with E-state index in [2.05, 4.69) is 17.1 Å². The van der Waals surface area contributed by atoms with E-state index in [-0.39, 0.29) is 5.41 Å². The highest BCUT2D eigenvalue weighted by atomic mass is 16.5. The van der Waals surface area contributed by atoms with Crippen LogP contribution in [0.4, 0.5) is 5.69 Å². The summed E-state index contributed by atoms with van der Waals surface area (Å²) < 4.78 is 5.21. The molecule has 1 amide bonds. The van der Waals surface area contributed by atoms with Crippen molar-refractivity contribution in [3.05, 3.63) is 24.3 Å². The Hall–Kier alpha value is -1.71. The first-order valence-electron chi connectivity index (χ1n) is 9.31. The van der Waals surface area contributed by atoms with E-state index >= 15 is 0 Å². The topological polar surface area (TPSA) is 41.6 Å². The molecule has 1 saturated carbocycles. The first-order chi connectivity index (χ1) is 11.6. The predicted molar refractivity (Wildman–Crippen MR) is 97.4 cm³/mol. The van der Waals surface area contributed by atoms with Crippen molar-refractivity contribution in [2.75, 3.05) is 25.5 Å². The van der Waals surface area contributed by atoms with E-state index in [1.54, 1.807) is 7.11 Å². The zero-order valence-corrected chi connectivity index (χ0v) is 15.0. The largest absolute Gasteiger partial charge is 0.497 e. The number of carbonyl (C=O) groups is 1. The van der Waals surface area contributed by atoms with Gasteiger partial charge in [0, 0.05) is 30.2 Å². The van der Waals surface area contributed by atoms with Crippen LogP contribution < -0.4 is 10.1 Å². The van der Waals surface area contributed by atoms with E-state index in [9.17, 15) is 4.79 Å². The fourth-order valence-electron chi connectivity index (χ4n) is 4.13. The molecule has 0 bridgehead atoms. The Morgan fingerprint density at radius 1 is 1.17 bits per heavy atom. The summed E-state index contributed by atoms with van der Waals surface area (Å²) in [5.74, 6) is 1.25. The second-order valence-corrected chi connectivity index (χ2v) is 7.58. The highest BCUT2D eigenvalue weighted by molar-refractivity contribution is 5.82. The minimum Gasteiger partial charge on any atom is -0.497 e. The lowest BCUT2D eigenvalue weighted by Gasteiger charge is -2.41. The van der Waals surface area contributed by atoms with Crippen LogP contribution in [0.5, 0.6) is 5.75 Å². The van der Waals surface area contributed by atoms with Gasteiger partial charge in [0.15, 0.2) is 0 Å². The molecule has 0 aromatic heterocycles. The molecule has 2 aliphatic rings. The van der Waals surface area contributed by atoms with Crippen LogP contribution >= 0.6 is 0 Å². The third kappa shape index (κ3) is 3.85. The number of anilines is 1. The van der Waals surface area contributed by atoms with Gasteiger partial charge in [-0.2, -0.15) is 0 Å². The minimum atomic E-state index is -0.125. The highest BCUT2D eigenvalue weighted by Crippen LogP contribution is 2.38. The van der Waals surface area contributed by atoms with Crippen LogP contribution in [-0.4, -0.2) is 37.0 Å². The summed E-state index contributed by atoms with van der Waals surface area (Å²) in [4.78, 5) is 15.1. The number of nitrogens with zero attached hydrogens (tertiary/aromatic N) is 1. The summed E-state index contributed by atoms with van der Waals surface area (Å²) in [5, 5.41) is 3.58. The molecule has 132 valence electrons. The quantitative estimate of drug-likeness (QED) is 0.905. The maximum Gasteiger partial charge on any atom is 0.228 e. The van der Waals surface area contributed by atoms with Gasteiger partial charge in [0.05, 0.1) is 7.11 Å². The number of methoxy groups -OCH3 is 1. The molecule has 1 heterocycles. The zero-order valence-electron chi connectivity index (χ0n) is 15.0. The van der Waals surface area contributed by atoms with Crippen LogP contribution in [0.25, 0.3) is 0 Å². The Bertz CT molecular complexity index is 549. The summed E-state index contributed by atoms with van der Waals surface area (Å²) in [7, 11) is 1.68. The summed E-state index contributed by atoms with van der Waals surface area (Å²) in [6.07, 6.45) is 7.98. The van der Waals surface area contributed by atoms with Gasteiger partial charge in [0.2, 0.25) is 5.91 Å². The molecular formula is C20H30N2O2. The first-order valence-corrected chi connectivity index (χ1v) is 9.31. The number of hydrogen-bond donors (Lipinski definition) is 1. The zero-order chi connectivity index (χ0) is 17.0. The fraction of sp³-hybridized carbons (Fsp3) is 0.650. The average Bonchev–Trinajstić information content (AvgIpc) is 2.62. The number of carbonyl (C=O) groups excluding carboxylic acids is 1. The normalized spacial score (nSPS) is 23.6. The Morgan fingerprint density at radius 2 is 1.88 bits per heavy atom. The number of hydrogen-bond acceptors (Lipinski definition) is 3. The number of piperidine rings is 1. The second-order valence-electron chi connectivity index (χ2n) is 7.58. The third-order valence-electron chi connectivity index (χ3n) is 5.64. The lowest BCUT2D eigenvalue weighted by atomic mass is 9.74. The van der Waals surface area contributed by atoms with E-state index in [4.69, 9.17) is 4.74 Å². The standard InChI is InChI=1S/C20H30N2O2/c1-20(12-4-3-5-13-20)19(23)22-14-6-7-17(15-22)21-16-8-10-18(24-2)11-9-16/h8-11,17,21H,3-7,12-15H2,1-2H3/t17-/m0/s1. The monoisotopic (exact) mass is 330 g/mol. The molecule has 1 atom stereocenters. The summed E-state index contributed by atoms with van der Waals surface area (Å²) in [6.45, 7) is 3.91. The molecule has 4 nitrogen and oxygen atoms in total. The van der Waals surface area contributed by atoms with Crippen molar-refractivity contribution < 1.29 is 9.53 Å². The number of nitrogens with one attached hydrogen (secondary N) is 1. The third-order valence-corrected chi connectivity index (χ3v) is 5.64. The van der Waals surface area contributed by atoms with Gasteiger partial charge < -0.3 is 15.0 Å². The maximum absolute atomic E-state index is 13.0. The van der Waals surface area contributed by atoms with Crippen LogP contribution in [0.1, 0.15) is 51.9 Å². The van der Waals surface area contributed by atoms with Gasteiger partial charge in [-0.3, -0.25) is 4.79 Å². The van der Waals surface area contributed by atoms with E-state index < -0.39 is 0 Å². The van der Waals surface area contributed by atoms with Gasteiger partial charge in [0.25, 0.3) is 0 Å². The molecule has 4 heteroatoms. The molecule has 1 aromatic rings. The van der Waals surface area contributed by atoms with Gasteiger partial charge in [-0.25, -0.2) is 0 Å². The number of benzene rings is 1. The van der Waals surface area contributed by atoms with E-state index in [0.29, 0.717) is 11.9 Å². The van der Waals surface area contributed by atoms with E-state index in [1.165, 1.54) is 19.3 Å². The SMILES string of the molecule is COc1ccc(N[C@H]2CCCN(C(=O)C3(C)CCCCC3)C2)cc1. The molecule has 0 radical (unpaired) electrons. The molecule has 0 unspecified atom stereocenters. The van der Waals surface area contributed by atoms with Gasteiger partial charge in [-0.05, 0) is 49.9 Å². The van der Waals surface area contributed by atoms with Crippen LogP contribution in [0.3, 0.4) is 0 Å². The van der Waals surface area contributed by atoms with E-state index in [1.807, 2.05) is 24.3 Å². The van der Waals surface area contributed by atoms with Gasteiger partial charge >= 0.3 is 0 Å². The summed E-state index contributed by atoms with van der Waals surface area (Å²) in [6, 6.07) is 8.36. The van der Waals surface area contributed by atoms with E-state index in [0.717, 1.165) is 50.2 Å². The minimum absolute atomic E-state index is 0.125. The average molecular weight is 330 g/mol. The summed E-state index contributed by atoms with van der Waals surface area (Å²) in [5.41, 5.74) is 0.972. The van der Waals surface area contributed by atoms with Gasteiger partial charge in [0.1, 0.15) is 5.75 Å². The molecule has 1 aliphatic carbocycles. The Balaban J connectivity index is 1.60. The molecule has 2 fully saturated rings. The molecule has 0 spiro atoms. The summed E-state index contributed by atoms with van der Waals surface area (Å²) >= 11 is 0. The number of rotatable bonds is 4. The molecule has 1 aliphatic heterocycles. The fourth-order valence-corrected chi connectivity index (χ4v) is 4.13. The van der Waals surface area contributed by atoms with Crippen molar-refractivity contribution in [3.8, 4) is 5.75 Å². The second kappa shape index (κ2) is 7.45. The molecule has 1 N–H and O–H groups in total. The highest BCUT2D eigenvalue weighted by Gasteiger charge is 2.38. The Morgan fingerprint density at radius 3 is 2.54 bits per heavy atom. The Labute approximate surface area is 145 Å². The number of likely N-dealkylation sites (tertiary alicyclic amines) is 1. The molecule has 1 saturated heterocycles. The van der Waals surface area contributed by atoms with Crippen molar-refractivity contribution in [3.63, 3.8) is 0 Å². The number of ether oxygens (including phenoxy) is 1. The first kappa shape index (κ1) is 17.1. The van der Waals surface area contributed by atoms with Crippen LogP contribution in [-0.2, 0) is 4.79 Å². The smallest absolute Gasteiger partial charge is 0.228 e. The van der Waals surface area contributed by atoms with Crippen LogP contribution in [0.2, 0.25) is 0 Å². The van der Waals surface area contributed by atoms with Crippen molar-refractivity contribution in [2.45, 2.75) is 57.9 Å². The maximum atomic E-state index is 13.0. The molecular weight excluding hydrogens is 300 g/mol. The van der Waals surface area contributed by atoms with Crippen LogP contribution in [0, 0.1) is 5.41 Å². The number of amides is 1. The molecule has 24 heavy (non-hydrogen) atoms. The van der Waals surface area contributed by atoms with Crippen LogP contribution in [0.15, 0.2) is 24.3 Å². The van der Waals surface area contributed by atoms with Crippen molar-refractivity contribution in [1.82, 2.24) is 4.90 Å². The lowest BCUT2D eigenvalue weighted by Crippen LogP contribution is -2.50.